The second-order valence-electron chi connectivity index (χ2n) is 6.24. The Labute approximate surface area is 143 Å². The third kappa shape index (κ3) is 4.25. The molecule has 8 heteroatoms. The van der Waals surface area contributed by atoms with Crippen molar-refractivity contribution in [3.05, 3.63) is 23.8 Å². The highest BCUT2D eigenvalue weighted by Crippen LogP contribution is 2.26. The van der Waals surface area contributed by atoms with E-state index in [1.165, 1.54) is 19.2 Å². The molecule has 1 heterocycles. The number of likely N-dealkylation sites (N-methyl/N-ethyl adjacent to an activating group) is 1. The molecule has 1 aromatic carbocycles. The van der Waals surface area contributed by atoms with Crippen LogP contribution in [0.15, 0.2) is 23.1 Å². The third-order valence-electron chi connectivity index (χ3n) is 3.88. The van der Waals surface area contributed by atoms with E-state index in [2.05, 4.69) is 9.62 Å². The normalized spacial score (nSPS) is 16.5. The van der Waals surface area contributed by atoms with Crippen LogP contribution in [0.4, 0.5) is 0 Å². The number of amides is 1. The van der Waals surface area contributed by atoms with Crippen molar-refractivity contribution in [2.24, 2.45) is 0 Å². The molecule has 7 nitrogen and oxygen atoms in total. The maximum absolute atomic E-state index is 12.7. The van der Waals surface area contributed by atoms with Gasteiger partial charge in [0.1, 0.15) is 10.6 Å². The fourth-order valence-corrected chi connectivity index (χ4v) is 4.03. The Bertz CT molecular complexity index is 695. The standard InChI is InChI=1S/C16H25N3O4S/c1-12(2)17-24(21,22)15-11-13(5-6-14(15)23-4)16(20)19-9-7-18(3)8-10-19/h5-6,11-12,17H,7-10H2,1-4H3. The van der Waals surface area contributed by atoms with Crippen molar-refractivity contribution < 1.29 is 17.9 Å². The van der Waals surface area contributed by atoms with Gasteiger partial charge in [-0.05, 0) is 39.1 Å². The molecule has 0 unspecified atom stereocenters. The number of methoxy groups -OCH3 is 1. The molecule has 0 saturated carbocycles. The molecule has 24 heavy (non-hydrogen) atoms. The molecule has 0 bridgehead atoms. The lowest BCUT2D eigenvalue weighted by Gasteiger charge is -2.32. The largest absolute Gasteiger partial charge is 0.495 e. The molecule has 134 valence electrons. The number of hydrogen-bond donors (Lipinski definition) is 1. The van der Waals surface area contributed by atoms with Crippen molar-refractivity contribution in [2.75, 3.05) is 40.3 Å². The Hall–Kier alpha value is -1.64. The van der Waals surface area contributed by atoms with Gasteiger partial charge in [0.2, 0.25) is 10.0 Å². The lowest BCUT2D eigenvalue weighted by molar-refractivity contribution is 0.0664. The first-order chi connectivity index (χ1) is 11.2. The number of rotatable bonds is 5. The van der Waals surface area contributed by atoms with Crippen molar-refractivity contribution >= 4 is 15.9 Å². The number of hydrogen-bond acceptors (Lipinski definition) is 5. The zero-order valence-corrected chi connectivity index (χ0v) is 15.4. The first kappa shape index (κ1) is 18.7. The van der Waals surface area contributed by atoms with E-state index < -0.39 is 10.0 Å². The van der Waals surface area contributed by atoms with E-state index in [1.807, 2.05) is 7.05 Å². The Morgan fingerprint density at radius 3 is 2.38 bits per heavy atom. The van der Waals surface area contributed by atoms with Gasteiger partial charge in [-0.25, -0.2) is 13.1 Å². The highest BCUT2D eigenvalue weighted by atomic mass is 32.2. The van der Waals surface area contributed by atoms with Crippen molar-refractivity contribution in [3.8, 4) is 5.75 Å². The lowest BCUT2D eigenvalue weighted by atomic mass is 10.1. The summed E-state index contributed by atoms with van der Waals surface area (Å²) in [7, 11) is -0.332. The van der Waals surface area contributed by atoms with E-state index in [9.17, 15) is 13.2 Å². The maximum atomic E-state index is 12.7. The van der Waals surface area contributed by atoms with Crippen molar-refractivity contribution in [1.29, 1.82) is 0 Å². The third-order valence-corrected chi connectivity index (χ3v) is 5.56. The van der Waals surface area contributed by atoms with Gasteiger partial charge in [0, 0.05) is 37.8 Å². The number of nitrogens with one attached hydrogen (secondary N) is 1. The van der Waals surface area contributed by atoms with Crippen LogP contribution in [0, 0.1) is 0 Å². The SMILES string of the molecule is COc1ccc(C(=O)N2CCN(C)CC2)cc1S(=O)(=O)NC(C)C. The van der Waals surface area contributed by atoms with Crippen molar-refractivity contribution in [1.82, 2.24) is 14.5 Å². The minimum Gasteiger partial charge on any atom is -0.495 e. The number of ether oxygens (including phenoxy) is 1. The molecule has 2 rings (SSSR count). The van der Waals surface area contributed by atoms with Gasteiger partial charge >= 0.3 is 0 Å². The number of carbonyl (C=O) groups is 1. The van der Waals surface area contributed by atoms with Gasteiger partial charge in [-0.2, -0.15) is 0 Å². The van der Waals surface area contributed by atoms with Gasteiger partial charge in [0.15, 0.2) is 0 Å². The molecule has 0 spiro atoms. The fourth-order valence-electron chi connectivity index (χ4n) is 2.59. The predicted octanol–water partition coefficient (Wildman–Crippen LogP) is 0.770. The highest BCUT2D eigenvalue weighted by Gasteiger charge is 2.25. The van der Waals surface area contributed by atoms with Gasteiger partial charge in [-0.1, -0.05) is 0 Å². The molecule has 1 amide bonds. The summed E-state index contributed by atoms with van der Waals surface area (Å²) in [4.78, 5) is 16.5. The molecule has 1 aromatic rings. The molecular weight excluding hydrogens is 330 g/mol. The number of sulfonamides is 1. The minimum absolute atomic E-state index is 0.0151. The first-order valence-electron chi connectivity index (χ1n) is 7.93. The molecule has 0 aliphatic carbocycles. The van der Waals surface area contributed by atoms with Crippen LogP contribution < -0.4 is 9.46 Å². The summed E-state index contributed by atoms with van der Waals surface area (Å²) in [6, 6.07) is 4.27. The Morgan fingerprint density at radius 1 is 1.21 bits per heavy atom. The van der Waals surface area contributed by atoms with E-state index in [-0.39, 0.29) is 22.6 Å². The summed E-state index contributed by atoms with van der Waals surface area (Å²) in [5, 5.41) is 0. The minimum atomic E-state index is -3.75. The van der Waals surface area contributed by atoms with Gasteiger partial charge < -0.3 is 14.5 Å². The summed E-state index contributed by atoms with van der Waals surface area (Å²) in [6.07, 6.45) is 0. The first-order valence-corrected chi connectivity index (χ1v) is 9.41. The molecule has 0 atom stereocenters. The summed E-state index contributed by atoms with van der Waals surface area (Å²) < 4.78 is 32.7. The van der Waals surface area contributed by atoms with E-state index in [0.29, 0.717) is 18.7 Å². The monoisotopic (exact) mass is 355 g/mol. The van der Waals surface area contributed by atoms with Crippen LogP contribution in [0.1, 0.15) is 24.2 Å². The summed E-state index contributed by atoms with van der Waals surface area (Å²) in [5.41, 5.74) is 0.351. The number of carbonyl (C=O) groups excluding carboxylic acids is 1. The summed E-state index contributed by atoms with van der Waals surface area (Å²) >= 11 is 0. The predicted molar refractivity (Wildman–Crippen MR) is 91.9 cm³/mol. The Morgan fingerprint density at radius 2 is 1.83 bits per heavy atom. The van der Waals surface area contributed by atoms with Crippen LogP contribution in [-0.4, -0.2) is 70.5 Å². The van der Waals surface area contributed by atoms with Crippen molar-refractivity contribution in [3.63, 3.8) is 0 Å². The smallest absolute Gasteiger partial charge is 0.253 e. The zero-order chi connectivity index (χ0) is 17.9. The Kier molecular flexibility index (Phi) is 5.84. The molecular formula is C16H25N3O4S. The second-order valence-corrected chi connectivity index (χ2v) is 7.92. The van der Waals surface area contributed by atoms with Gasteiger partial charge in [0.25, 0.3) is 5.91 Å². The van der Waals surface area contributed by atoms with E-state index in [4.69, 9.17) is 4.74 Å². The van der Waals surface area contributed by atoms with Crippen LogP contribution in [0.3, 0.4) is 0 Å². The van der Waals surface area contributed by atoms with Gasteiger partial charge in [-0.15, -0.1) is 0 Å². The highest BCUT2D eigenvalue weighted by molar-refractivity contribution is 7.89. The fraction of sp³-hybridized carbons (Fsp3) is 0.562. The van der Waals surface area contributed by atoms with Gasteiger partial charge in [-0.3, -0.25) is 4.79 Å². The molecule has 1 aliphatic rings. The topological polar surface area (TPSA) is 79.0 Å². The van der Waals surface area contributed by atoms with E-state index in [0.717, 1.165) is 13.1 Å². The average Bonchev–Trinajstić information content (AvgIpc) is 2.53. The molecule has 1 saturated heterocycles. The van der Waals surface area contributed by atoms with Crippen LogP contribution in [0.25, 0.3) is 0 Å². The molecule has 1 aliphatic heterocycles. The zero-order valence-electron chi connectivity index (χ0n) is 14.6. The van der Waals surface area contributed by atoms with E-state index in [1.54, 1.807) is 24.8 Å². The van der Waals surface area contributed by atoms with Crippen LogP contribution in [-0.2, 0) is 10.0 Å². The summed E-state index contributed by atoms with van der Waals surface area (Å²) in [6.45, 7) is 6.36. The van der Waals surface area contributed by atoms with Gasteiger partial charge in [0.05, 0.1) is 7.11 Å². The quantitative estimate of drug-likeness (QED) is 0.844. The molecule has 0 aromatic heterocycles. The number of nitrogens with zero attached hydrogens (tertiary/aromatic N) is 2. The molecule has 1 N–H and O–H groups in total. The Balaban J connectivity index is 2.33. The molecule has 1 fully saturated rings. The van der Waals surface area contributed by atoms with Crippen LogP contribution >= 0.6 is 0 Å². The van der Waals surface area contributed by atoms with Crippen molar-refractivity contribution in [2.45, 2.75) is 24.8 Å². The lowest BCUT2D eigenvalue weighted by Crippen LogP contribution is -2.47. The second kappa shape index (κ2) is 7.50. The number of benzene rings is 1. The summed E-state index contributed by atoms with van der Waals surface area (Å²) in [5.74, 6) is 0.0600. The van der Waals surface area contributed by atoms with E-state index >= 15 is 0 Å². The van der Waals surface area contributed by atoms with Crippen LogP contribution in [0.5, 0.6) is 5.75 Å². The maximum Gasteiger partial charge on any atom is 0.253 e. The van der Waals surface area contributed by atoms with Crippen LogP contribution in [0.2, 0.25) is 0 Å². The number of piperazine rings is 1. The molecule has 0 radical (unpaired) electrons. The average molecular weight is 355 g/mol.